The third kappa shape index (κ3) is 4.90. The predicted octanol–water partition coefficient (Wildman–Crippen LogP) is 2.67. The maximum absolute atomic E-state index is 13.1. The molecular weight excluding hydrogens is 438 g/mol. The molecule has 1 saturated heterocycles. The van der Waals surface area contributed by atoms with Crippen LogP contribution in [0.3, 0.4) is 0 Å². The van der Waals surface area contributed by atoms with Crippen LogP contribution in [0.5, 0.6) is 0 Å². The van der Waals surface area contributed by atoms with Crippen molar-refractivity contribution in [1.29, 1.82) is 0 Å². The van der Waals surface area contributed by atoms with Crippen molar-refractivity contribution in [2.75, 3.05) is 38.5 Å². The second-order valence-electron chi connectivity index (χ2n) is 9.61. The molecule has 0 unspecified atom stereocenters. The van der Waals surface area contributed by atoms with Crippen LogP contribution >= 0.6 is 0 Å². The summed E-state index contributed by atoms with van der Waals surface area (Å²) in [6, 6.07) is 7.92. The van der Waals surface area contributed by atoms with Gasteiger partial charge >= 0.3 is 0 Å². The highest BCUT2D eigenvalue weighted by Crippen LogP contribution is 2.36. The van der Waals surface area contributed by atoms with Gasteiger partial charge in [-0.2, -0.15) is 5.10 Å². The lowest BCUT2D eigenvalue weighted by molar-refractivity contribution is -0.121. The molecule has 1 aliphatic heterocycles. The van der Waals surface area contributed by atoms with Crippen molar-refractivity contribution in [2.45, 2.75) is 32.7 Å². The van der Waals surface area contributed by atoms with Crippen molar-refractivity contribution in [3.8, 4) is 0 Å². The summed E-state index contributed by atoms with van der Waals surface area (Å²) >= 11 is 0. The Morgan fingerprint density at radius 2 is 1.94 bits per heavy atom. The first-order valence-electron chi connectivity index (χ1n) is 12.3. The van der Waals surface area contributed by atoms with Crippen LogP contribution in [0.15, 0.2) is 42.7 Å². The fraction of sp³-hybridized carbons (Fsp3) is 0.407. The number of allylic oxidation sites excluding steroid dienone is 1. The molecule has 0 spiro atoms. The van der Waals surface area contributed by atoms with E-state index in [0.29, 0.717) is 6.42 Å². The van der Waals surface area contributed by atoms with Crippen LogP contribution in [0.25, 0.3) is 5.57 Å². The van der Waals surface area contributed by atoms with Gasteiger partial charge in [0.05, 0.1) is 17.4 Å². The van der Waals surface area contributed by atoms with E-state index in [4.69, 9.17) is 4.98 Å². The smallest absolute Gasteiger partial charge is 0.241 e. The Balaban J connectivity index is 1.32. The molecule has 3 heterocycles. The van der Waals surface area contributed by atoms with E-state index < -0.39 is 0 Å². The van der Waals surface area contributed by atoms with Gasteiger partial charge in [0.25, 0.3) is 0 Å². The normalized spacial score (nSPS) is 17.2. The zero-order chi connectivity index (χ0) is 24.5. The van der Waals surface area contributed by atoms with E-state index in [1.54, 1.807) is 0 Å². The number of anilines is 1. The summed E-state index contributed by atoms with van der Waals surface area (Å²) in [6.45, 7) is 7.83. The molecule has 3 aromatic rings. The number of hydrogen-bond acceptors (Lipinski definition) is 6. The van der Waals surface area contributed by atoms with E-state index >= 15 is 0 Å². The maximum atomic E-state index is 13.1. The van der Waals surface area contributed by atoms with E-state index in [-0.39, 0.29) is 11.9 Å². The second kappa shape index (κ2) is 9.71. The molecule has 0 saturated carbocycles. The number of piperazine rings is 1. The number of fused-ring (bicyclic) bond motifs is 1. The Morgan fingerprint density at radius 3 is 2.69 bits per heavy atom. The lowest BCUT2D eigenvalue weighted by Gasteiger charge is -2.35. The molecule has 1 atom stereocenters. The summed E-state index contributed by atoms with van der Waals surface area (Å²) in [5.74, 6) is 0.825. The van der Waals surface area contributed by atoms with Gasteiger partial charge < -0.3 is 10.2 Å². The lowest BCUT2D eigenvalue weighted by atomic mass is 10.0. The molecule has 1 aromatic carbocycles. The zero-order valence-corrected chi connectivity index (χ0v) is 21.0. The molecule has 1 fully saturated rings. The number of nitrogens with zero attached hydrogens (tertiary/aromatic N) is 6. The summed E-state index contributed by atoms with van der Waals surface area (Å²) in [7, 11) is 4.05. The Bertz CT molecular complexity index is 1270. The van der Waals surface area contributed by atoms with Gasteiger partial charge in [0, 0.05) is 68.9 Å². The summed E-state index contributed by atoms with van der Waals surface area (Å²) in [5, 5.41) is 7.63. The van der Waals surface area contributed by atoms with Crippen LogP contribution in [0.4, 0.5) is 5.69 Å². The highest BCUT2D eigenvalue weighted by molar-refractivity contribution is 5.97. The van der Waals surface area contributed by atoms with Crippen LogP contribution in [0, 0.1) is 6.92 Å². The third-order valence-electron chi connectivity index (χ3n) is 7.14. The number of benzene rings is 1. The van der Waals surface area contributed by atoms with Crippen molar-refractivity contribution in [3.05, 3.63) is 76.6 Å². The van der Waals surface area contributed by atoms with Crippen LogP contribution in [0.2, 0.25) is 0 Å². The van der Waals surface area contributed by atoms with Crippen molar-refractivity contribution in [2.24, 2.45) is 7.05 Å². The quantitative estimate of drug-likeness (QED) is 0.596. The largest absolute Gasteiger partial charge is 0.324 e. The highest BCUT2D eigenvalue weighted by atomic mass is 16.2. The average molecular weight is 472 g/mol. The number of hydrogen-bond donors (Lipinski definition) is 1. The first-order chi connectivity index (χ1) is 16.9. The summed E-state index contributed by atoms with van der Waals surface area (Å²) in [6.07, 6.45) is 7.46. The van der Waals surface area contributed by atoms with Gasteiger partial charge in [-0.05, 0) is 50.6 Å². The molecule has 0 bridgehead atoms. The monoisotopic (exact) mass is 471 g/mol. The standard InChI is InChI=1S/C27H33N7O/c1-18-20(17-33(4)31-18)16-26-28-11-10-25(29-26)23-9-8-22-21(23)6-5-7-24(22)30-27(35)19(2)34-14-12-32(3)13-15-34/h5-7,9-11,17,19H,8,12-16H2,1-4H3,(H,30,35)/t19-/m1/s1. The summed E-state index contributed by atoms with van der Waals surface area (Å²) in [5.41, 5.74) is 7.28. The van der Waals surface area contributed by atoms with E-state index in [2.05, 4.69) is 44.4 Å². The molecule has 2 aromatic heterocycles. The second-order valence-corrected chi connectivity index (χ2v) is 9.61. The van der Waals surface area contributed by atoms with Gasteiger partial charge in [-0.15, -0.1) is 0 Å². The first-order valence-corrected chi connectivity index (χ1v) is 12.3. The number of carbonyl (C=O) groups excluding carboxylic acids is 1. The topological polar surface area (TPSA) is 79.2 Å². The van der Waals surface area contributed by atoms with E-state index in [1.165, 1.54) is 0 Å². The number of likely N-dealkylation sites (N-methyl/N-ethyl adjacent to an activating group) is 1. The van der Waals surface area contributed by atoms with E-state index in [9.17, 15) is 4.79 Å². The molecular formula is C27H33N7O. The predicted molar refractivity (Wildman–Crippen MR) is 137 cm³/mol. The number of carbonyl (C=O) groups is 1. The van der Waals surface area contributed by atoms with Crippen molar-refractivity contribution < 1.29 is 4.79 Å². The van der Waals surface area contributed by atoms with Crippen LogP contribution in [0.1, 0.15) is 40.8 Å². The fourth-order valence-electron chi connectivity index (χ4n) is 4.97. The van der Waals surface area contributed by atoms with Gasteiger partial charge in [-0.25, -0.2) is 9.97 Å². The number of aryl methyl sites for hydroxylation is 2. The molecule has 182 valence electrons. The zero-order valence-electron chi connectivity index (χ0n) is 21.0. The molecule has 35 heavy (non-hydrogen) atoms. The van der Waals surface area contributed by atoms with Crippen molar-refractivity contribution in [1.82, 2.24) is 29.5 Å². The molecule has 5 rings (SSSR count). The maximum Gasteiger partial charge on any atom is 0.241 e. The molecule has 1 N–H and O–H groups in total. The Hall–Kier alpha value is -3.36. The average Bonchev–Trinajstić information content (AvgIpc) is 3.42. The van der Waals surface area contributed by atoms with Gasteiger partial charge in [0.15, 0.2) is 0 Å². The summed E-state index contributed by atoms with van der Waals surface area (Å²) < 4.78 is 1.82. The summed E-state index contributed by atoms with van der Waals surface area (Å²) in [4.78, 5) is 27.0. The fourth-order valence-corrected chi connectivity index (χ4v) is 4.97. The van der Waals surface area contributed by atoms with Crippen molar-refractivity contribution in [3.63, 3.8) is 0 Å². The number of aromatic nitrogens is 4. The van der Waals surface area contributed by atoms with Gasteiger partial charge in [-0.3, -0.25) is 14.4 Å². The molecule has 8 nitrogen and oxygen atoms in total. The van der Waals surface area contributed by atoms with Gasteiger partial charge in [0.1, 0.15) is 5.82 Å². The van der Waals surface area contributed by atoms with Gasteiger partial charge in [-0.1, -0.05) is 18.2 Å². The van der Waals surface area contributed by atoms with Gasteiger partial charge in [0.2, 0.25) is 5.91 Å². The molecule has 0 radical (unpaired) electrons. The van der Waals surface area contributed by atoms with E-state index in [1.807, 2.05) is 56.2 Å². The minimum atomic E-state index is -0.159. The number of amides is 1. The van der Waals surface area contributed by atoms with Crippen LogP contribution < -0.4 is 5.32 Å². The Labute approximate surface area is 206 Å². The van der Waals surface area contributed by atoms with Crippen molar-refractivity contribution >= 4 is 17.2 Å². The molecule has 2 aliphatic rings. The van der Waals surface area contributed by atoms with Crippen LogP contribution in [-0.4, -0.2) is 74.7 Å². The molecule has 1 amide bonds. The lowest BCUT2D eigenvalue weighted by Crippen LogP contribution is -2.51. The Morgan fingerprint density at radius 1 is 1.14 bits per heavy atom. The molecule has 8 heteroatoms. The first kappa shape index (κ1) is 23.4. The van der Waals surface area contributed by atoms with Crippen LogP contribution in [-0.2, 0) is 24.7 Å². The highest BCUT2D eigenvalue weighted by Gasteiger charge is 2.26. The molecule has 1 aliphatic carbocycles. The minimum absolute atomic E-state index is 0.0487. The number of nitrogens with one attached hydrogen (secondary N) is 1. The minimum Gasteiger partial charge on any atom is -0.324 e. The third-order valence-corrected chi connectivity index (χ3v) is 7.14. The van der Waals surface area contributed by atoms with E-state index in [0.717, 1.165) is 77.8 Å². The Kier molecular flexibility index (Phi) is 6.49. The SMILES string of the molecule is Cc1nn(C)cc1Cc1nccc(C2=CCc3c(NC(=O)[C@@H](C)N4CCN(C)CC4)cccc32)n1. The number of rotatable bonds is 6.